The van der Waals surface area contributed by atoms with E-state index in [1.807, 2.05) is 12.3 Å². The van der Waals surface area contributed by atoms with Gasteiger partial charge in [-0.15, -0.1) is 11.3 Å². The van der Waals surface area contributed by atoms with Crippen LogP contribution in [0.15, 0.2) is 5.38 Å². The van der Waals surface area contributed by atoms with Crippen molar-refractivity contribution in [1.82, 2.24) is 10.3 Å². The van der Waals surface area contributed by atoms with Gasteiger partial charge in [-0.25, -0.2) is 13.4 Å². The Bertz CT molecular complexity index is 440. The molecule has 1 aromatic rings. The van der Waals surface area contributed by atoms with E-state index in [0.717, 1.165) is 23.7 Å². The molecule has 17 heavy (non-hydrogen) atoms. The average molecular weight is 276 g/mol. The zero-order valence-corrected chi connectivity index (χ0v) is 12.2. The highest BCUT2D eigenvalue weighted by Crippen LogP contribution is 2.11. The molecule has 0 aliphatic heterocycles. The van der Waals surface area contributed by atoms with Crippen molar-refractivity contribution in [2.75, 3.05) is 18.6 Å². The molecule has 1 N–H and O–H groups in total. The number of nitrogens with zero attached hydrogens (tertiary/aromatic N) is 1. The van der Waals surface area contributed by atoms with Gasteiger partial charge < -0.3 is 5.32 Å². The van der Waals surface area contributed by atoms with Crippen LogP contribution in [-0.4, -0.2) is 38.0 Å². The first-order valence-electron chi connectivity index (χ1n) is 5.73. The average Bonchev–Trinajstić information content (AvgIpc) is 2.58. The number of aryl methyl sites for hydroxylation is 1. The lowest BCUT2D eigenvalue weighted by atomic mass is 10.2. The molecule has 0 fully saturated rings. The van der Waals surface area contributed by atoms with Crippen molar-refractivity contribution in [3.8, 4) is 0 Å². The molecule has 0 bridgehead atoms. The SMILES string of the molecule is CCCNC(Cc1nc(C)cs1)CS(C)(=O)=O. The van der Waals surface area contributed by atoms with Gasteiger partial charge in [0.05, 0.1) is 10.8 Å². The van der Waals surface area contributed by atoms with E-state index < -0.39 is 9.84 Å². The van der Waals surface area contributed by atoms with Crippen LogP contribution >= 0.6 is 11.3 Å². The van der Waals surface area contributed by atoms with Crippen molar-refractivity contribution in [3.63, 3.8) is 0 Å². The van der Waals surface area contributed by atoms with E-state index in [2.05, 4.69) is 17.2 Å². The molecule has 98 valence electrons. The van der Waals surface area contributed by atoms with Crippen LogP contribution in [0.4, 0.5) is 0 Å². The predicted molar refractivity (Wildman–Crippen MR) is 72.3 cm³/mol. The highest BCUT2D eigenvalue weighted by molar-refractivity contribution is 7.90. The molecule has 0 radical (unpaired) electrons. The number of hydrogen-bond donors (Lipinski definition) is 1. The molecule has 1 rings (SSSR count). The van der Waals surface area contributed by atoms with E-state index in [-0.39, 0.29) is 11.8 Å². The normalized spacial score (nSPS) is 13.8. The molecule has 1 unspecified atom stereocenters. The number of nitrogens with one attached hydrogen (secondary N) is 1. The number of thiazole rings is 1. The summed E-state index contributed by atoms with van der Waals surface area (Å²) in [6.45, 7) is 4.85. The van der Waals surface area contributed by atoms with Crippen LogP contribution in [0.1, 0.15) is 24.0 Å². The van der Waals surface area contributed by atoms with Crippen LogP contribution < -0.4 is 5.32 Å². The third-order valence-electron chi connectivity index (χ3n) is 2.27. The van der Waals surface area contributed by atoms with Crippen molar-refractivity contribution < 1.29 is 8.42 Å². The molecular weight excluding hydrogens is 256 g/mol. The van der Waals surface area contributed by atoms with Crippen LogP contribution in [0.3, 0.4) is 0 Å². The van der Waals surface area contributed by atoms with E-state index in [9.17, 15) is 8.42 Å². The van der Waals surface area contributed by atoms with Gasteiger partial charge >= 0.3 is 0 Å². The third-order valence-corrected chi connectivity index (χ3v) is 4.27. The van der Waals surface area contributed by atoms with Gasteiger partial charge in [0.1, 0.15) is 9.84 Å². The predicted octanol–water partition coefficient (Wildman–Crippen LogP) is 1.41. The van der Waals surface area contributed by atoms with E-state index in [1.165, 1.54) is 6.26 Å². The van der Waals surface area contributed by atoms with Crippen LogP contribution in [0.2, 0.25) is 0 Å². The largest absolute Gasteiger partial charge is 0.313 e. The maximum atomic E-state index is 11.3. The summed E-state index contributed by atoms with van der Waals surface area (Å²) in [5.74, 6) is 0.172. The number of sulfone groups is 1. The molecule has 0 aliphatic rings. The van der Waals surface area contributed by atoms with Gasteiger partial charge in [-0.05, 0) is 19.9 Å². The Hall–Kier alpha value is -0.460. The van der Waals surface area contributed by atoms with Gasteiger partial charge in [0, 0.05) is 29.8 Å². The summed E-state index contributed by atoms with van der Waals surface area (Å²) in [4.78, 5) is 4.37. The highest BCUT2D eigenvalue weighted by atomic mass is 32.2. The van der Waals surface area contributed by atoms with Crippen LogP contribution in [0.25, 0.3) is 0 Å². The smallest absolute Gasteiger partial charge is 0.148 e. The summed E-state index contributed by atoms with van der Waals surface area (Å²) in [5.41, 5.74) is 0.999. The minimum Gasteiger partial charge on any atom is -0.313 e. The lowest BCUT2D eigenvalue weighted by molar-refractivity contribution is 0.529. The Labute approximate surface area is 107 Å². The third kappa shape index (κ3) is 6.14. The molecule has 4 nitrogen and oxygen atoms in total. The Kier molecular flexibility index (Phi) is 5.55. The van der Waals surface area contributed by atoms with Crippen molar-refractivity contribution in [3.05, 3.63) is 16.1 Å². The molecule has 0 saturated carbocycles. The molecule has 6 heteroatoms. The molecule has 0 aromatic carbocycles. The Balaban J connectivity index is 2.63. The maximum absolute atomic E-state index is 11.3. The molecule has 0 aliphatic carbocycles. The second kappa shape index (κ2) is 6.47. The van der Waals surface area contributed by atoms with E-state index in [1.54, 1.807) is 11.3 Å². The molecule has 0 amide bonds. The summed E-state index contributed by atoms with van der Waals surface area (Å²) in [6, 6.07) is -0.0319. The monoisotopic (exact) mass is 276 g/mol. The maximum Gasteiger partial charge on any atom is 0.148 e. The Morgan fingerprint density at radius 1 is 1.53 bits per heavy atom. The summed E-state index contributed by atoms with van der Waals surface area (Å²) in [6.07, 6.45) is 2.96. The lowest BCUT2D eigenvalue weighted by Gasteiger charge is -2.16. The van der Waals surface area contributed by atoms with E-state index >= 15 is 0 Å². The molecule has 1 aromatic heterocycles. The fraction of sp³-hybridized carbons (Fsp3) is 0.727. The minimum absolute atomic E-state index is 0.0319. The van der Waals surface area contributed by atoms with Crippen molar-refractivity contribution in [1.29, 1.82) is 0 Å². The van der Waals surface area contributed by atoms with Crippen molar-refractivity contribution in [2.24, 2.45) is 0 Å². The quantitative estimate of drug-likeness (QED) is 0.818. The van der Waals surface area contributed by atoms with E-state index in [0.29, 0.717) is 6.42 Å². The standard InChI is InChI=1S/C11H20N2O2S2/c1-4-5-12-10(8-17(3,14)15)6-11-13-9(2)7-16-11/h7,10,12H,4-6,8H2,1-3H3. The minimum atomic E-state index is -2.95. The van der Waals surface area contributed by atoms with Crippen LogP contribution in [0.5, 0.6) is 0 Å². The fourth-order valence-corrected chi connectivity index (χ4v) is 3.43. The summed E-state index contributed by atoms with van der Waals surface area (Å²) >= 11 is 1.59. The van der Waals surface area contributed by atoms with Crippen molar-refractivity contribution >= 4 is 21.2 Å². The zero-order valence-electron chi connectivity index (χ0n) is 10.6. The van der Waals surface area contributed by atoms with Gasteiger partial charge in [-0.3, -0.25) is 0 Å². The molecule has 0 spiro atoms. The number of hydrogen-bond acceptors (Lipinski definition) is 5. The van der Waals surface area contributed by atoms with Gasteiger partial charge in [-0.2, -0.15) is 0 Å². The van der Waals surface area contributed by atoms with Crippen LogP contribution in [-0.2, 0) is 16.3 Å². The molecule has 0 saturated heterocycles. The number of aromatic nitrogens is 1. The molecule has 1 heterocycles. The fourth-order valence-electron chi connectivity index (χ4n) is 1.61. The second-order valence-electron chi connectivity index (χ2n) is 4.33. The number of rotatable bonds is 7. The molecular formula is C11H20N2O2S2. The topological polar surface area (TPSA) is 59.1 Å². The summed E-state index contributed by atoms with van der Waals surface area (Å²) in [5, 5.41) is 6.26. The Morgan fingerprint density at radius 3 is 2.71 bits per heavy atom. The summed E-state index contributed by atoms with van der Waals surface area (Å²) in [7, 11) is -2.95. The highest BCUT2D eigenvalue weighted by Gasteiger charge is 2.16. The van der Waals surface area contributed by atoms with E-state index in [4.69, 9.17) is 0 Å². The van der Waals surface area contributed by atoms with Crippen LogP contribution in [0, 0.1) is 6.92 Å². The first-order chi connectivity index (χ1) is 7.90. The zero-order chi connectivity index (χ0) is 12.9. The van der Waals surface area contributed by atoms with Gasteiger partial charge in [0.2, 0.25) is 0 Å². The first-order valence-corrected chi connectivity index (χ1v) is 8.67. The van der Waals surface area contributed by atoms with Crippen molar-refractivity contribution in [2.45, 2.75) is 32.7 Å². The Morgan fingerprint density at radius 2 is 2.24 bits per heavy atom. The lowest BCUT2D eigenvalue weighted by Crippen LogP contribution is -2.37. The van der Waals surface area contributed by atoms with Gasteiger partial charge in [0.15, 0.2) is 0 Å². The first kappa shape index (κ1) is 14.6. The summed E-state index contributed by atoms with van der Waals surface area (Å²) < 4.78 is 22.7. The second-order valence-corrected chi connectivity index (χ2v) is 7.46. The molecule has 1 atom stereocenters. The van der Waals surface area contributed by atoms with Gasteiger partial charge in [-0.1, -0.05) is 6.92 Å². The van der Waals surface area contributed by atoms with Gasteiger partial charge in [0.25, 0.3) is 0 Å².